The summed E-state index contributed by atoms with van der Waals surface area (Å²) in [6.07, 6.45) is 3.37. The summed E-state index contributed by atoms with van der Waals surface area (Å²) >= 11 is 0. The predicted octanol–water partition coefficient (Wildman–Crippen LogP) is 3.30. The molecule has 1 aliphatic heterocycles. The van der Waals surface area contributed by atoms with Crippen LogP contribution in [0.5, 0.6) is 0 Å². The molecule has 1 atom stereocenters. The Hall–Kier alpha value is -1.69. The van der Waals surface area contributed by atoms with Crippen molar-refractivity contribution in [1.29, 1.82) is 0 Å². The number of carbonyl (C=O) groups is 1. The molecule has 7 heteroatoms. The van der Waals surface area contributed by atoms with E-state index in [4.69, 9.17) is 5.11 Å². The van der Waals surface area contributed by atoms with Crippen LogP contribution in [0.4, 0.5) is 4.39 Å². The Morgan fingerprint density at radius 2 is 2.17 bits per heavy atom. The molecule has 1 radical (unpaired) electrons. The van der Waals surface area contributed by atoms with Gasteiger partial charge < -0.3 is 15.4 Å². The third-order valence-corrected chi connectivity index (χ3v) is 3.37. The predicted molar refractivity (Wildman–Crippen MR) is 84.6 cm³/mol. The van der Waals surface area contributed by atoms with Gasteiger partial charge in [-0.2, -0.15) is 0 Å². The van der Waals surface area contributed by atoms with E-state index in [0.717, 1.165) is 42.0 Å². The van der Waals surface area contributed by atoms with E-state index in [9.17, 15) is 9.18 Å². The van der Waals surface area contributed by atoms with Gasteiger partial charge in [-0.3, -0.25) is 14.2 Å². The number of carboxylic acids is 1. The van der Waals surface area contributed by atoms with Crippen LogP contribution in [-0.4, -0.2) is 33.6 Å². The maximum atomic E-state index is 12.7. The van der Waals surface area contributed by atoms with E-state index >= 15 is 0 Å². The number of aryl methyl sites for hydroxylation is 2. The number of aromatic nitrogens is 2. The number of rotatable bonds is 2. The second-order valence-corrected chi connectivity index (χ2v) is 5.27. The molecule has 1 N–H and O–H groups in total. The number of hydrogen-bond acceptors (Lipinski definition) is 3. The molecule has 0 aliphatic carbocycles. The molecule has 2 heterocycles. The smallest absolute Gasteiger partial charge is 0.285 e. The molecular formula is C17H18FIrN3O2-2. The average Bonchev–Trinajstić information content (AvgIpc) is 3.04. The maximum Gasteiger partial charge on any atom is 0.285 e. The zero-order valence-corrected chi connectivity index (χ0v) is 15.8. The quantitative estimate of drug-likeness (QED) is 0.633. The summed E-state index contributed by atoms with van der Waals surface area (Å²) < 4.78 is 12.7. The van der Waals surface area contributed by atoms with Crippen LogP contribution < -0.4 is 0 Å². The topological polar surface area (TPSA) is 77.2 Å². The van der Waals surface area contributed by atoms with Gasteiger partial charge in [-0.15, -0.1) is 36.4 Å². The molecule has 1 unspecified atom stereocenters. The molecule has 0 spiro atoms. The minimum atomic E-state index is -0.775. The molecule has 131 valence electrons. The van der Waals surface area contributed by atoms with E-state index in [1.165, 1.54) is 12.1 Å². The summed E-state index contributed by atoms with van der Waals surface area (Å²) in [5.74, 6) is -1.07. The summed E-state index contributed by atoms with van der Waals surface area (Å²) in [5.41, 5.74) is 3.22. The number of halogens is 1. The first kappa shape index (κ1) is 20.4. The Kier molecular flexibility index (Phi) is 8.11. The average molecular weight is 508 g/mol. The van der Waals surface area contributed by atoms with Crippen molar-refractivity contribution in [3.05, 3.63) is 53.0 Å². The maximum absolute atomic E-state index is 12.7. The molecule has 1 fully saturated rings. The Labute approximate surface area is 154 Å². The summed E-state index contributed by atoms with van der Waals surface area (Å²) in [6, 6.07) is 6.79. The van der Waals surface area contributed by atoms with E-state index in [1.54, 1.807) is 12.3 Å². The Morgan fingerprint density at radius 3 is 2.62 bits per heavy atom. The first-order valence-corrected chi connectivity index (χ1v) is 7.34. The second-order valence-electron chi connectivity index (χ2n) is 5.27. The number of carboxylic acid groups (broad SMARTS) is 1. The zero-order chi connectivity index (χ0) is 16.8. The molecule has 1 aliphatic rings. The third-order valence-electron chi connectivity index (χ3n) is 3.37. The minimum Gasteiger partial charge on any atom is -0.650 e. The molecule has 24 heavy (non-hydrogen) atoms. The fourth-order valence-electron chi connectivity index (χ4n) is 2.24. The van der Waals surface area contributed by atoms with Crippen molar-refractivity contribution < 1.29 is 34.4 Å². The van der Waals surface area contributed by atoms with E-state index in [-0.39, 0.29) is 25.9 Å². The number of nitrogens with zero attached hydrogens (tertiary/aromatic N) is 3. The van der Waals surface area contributed by atoms with Gasteiger partial charge in [-0.1, -0.05) is 12.8 Å². The van der Waals surface area contributed by atoms with Gasteiger partial charge in [0.25, 0.3) is 5.97 Å². The SMILES string of the molecule is Cc1cnc(-c2[c-]cc(F)cc2)c(C)n1.O=C(O)C1CCC[N-]1.[Ir]. The molecule has 2 aromatic rings. The van der Waals surface area contributed by atoms with Gasteiger partial charge in [0, 0.05) is 43.5 Å². The van der Waals surface area contributed by atoms with Gasteiger partial charge in [0.1, 0.15) is 0 Å². The number of aliphatic carboxylic acids is 1. The van der Waals surface area contributed by atoms with Crippen molar-refractivity contribution in [1.82, 2.24) is 9.97 Å². The van der Waals surface area contributed by atoms with Gasteiger partial charge in [0.15, 0.2) is 0 Å². The van der Waals surface area contributed by atoms with Crippen LogP contribution in [0.2, 0.25) is 0 Å². The van der Waals surface area contributed by atoms with Crippen molar-refractivity contribution in [2.45, 2.75) is 32.7 Å². The van der Waals surface area contributed by atoms with E-state index in [1.807, 2.05) is 13.8 Å². The van der Waals surface area contributed by atoms with Gasteiger partial charge in [0.05, 0.1) is 5.69 Å². The summed E-state index contributed by atoms with van der Waals surface area (Å²) in [4.78, 5) is 18.7. The molecule has 1 aromatic carbocycles. The standard InChI is InChI=1S/C12H10FN2.C5H8NO2.Ir/c1-8-7-14-12(9(2)15-8)10-3-5-11(13)6-4-10;7-5(8)4-2-1-3-6-4;/h3,5-7H,1-2H3;4H,1-3H2,(H,7,8);/q2*-1;. The van der Waals surface area contributed by atoms with Crippen molar-refractivity contribution in [2.75, 3.05) is 6.54 Å². The minimum absolute atomic E-state index is 0. The van der Waals surface area contributed by atoms with E-state index in [2.05, 4.69) is 21.4 Å². The van der Waals surface area contributed by atoms with Crippen molar-refractivity contribution in [2.24, 2.45) is 0 Å². The zero-order valence-electron chi connectivity index (χ0n) is 13.4. The molecule has 5 nitrogen and oxygen atoms in total. The van der Waals surface area contributed by atoms with Crippen molar-refractivity contribution in [3.8, 4) is 11.3 Å². The molecule has 0 bridgehead atoms. The summed E-state index contributed by atoms with van der Waals surface area (Å²) in [6.45, 7) is 4.50. The van der Waals surface area contributed by atoms with Crippen LogP contribution in [0, 0.1) is 25.7 Å². The summed E-state index contributed by atoms with van der Waals surface area (Å²) in [5, 5.41) is 12.2. The number of benzene rings is 1. The fourth-order valence-corrected chi connectivity index (χ4v) is 2.24. The van der Waals surface area contributed by atoms with Crippen LogP contribution in [-0.2, 0) is 24.9 Å². The Bertz CT molecular complexity index is 674. The molecule has 1 saturated heterocycles. The van der Waals surface area contributed by atoms with Gasteiger partial charge >= 0.3 is 0 Å². The van der Waals surface area contributed by atoms with Crippen LogP contribution in [0.1, 0.15) is 24.2 Å². The second kappa shape index (κ2) is 9.57. The normalized spacial score (nSPS) is 15.9. The van der Waals surface area contributed by atoms with Crippen molar-refractivity contribution in [3.63, 3.8) is 0 Å². The largest absolute Gasteiger partial charge is 0.650 e. The third kappa shape index (κ3) is 5.74. The Balaban J connectivity index is 0.000000273. The van der Waals surface area contributed by atoms with Crippen LogP contribution >= 0.6 is 0 Å². The monoisotopic (exact) mass is 508 g/mol. The molecule has 0 amide bonds. The van der Waals surface area contributed by atoms with E-state index in [0.29, 0.717) is 0 Å². The molecule has 0 saturated carbocycles. The number of hydrogen-bond donors (Lipinski definition) is 1. The first-order chi connectivity index (χ1) is 11.0. The van der Waals surface area contributed by atoms with Gasteiger partial charge in [0.2, 0.25) is 0 Å². The molecule has 1 aromatic heterocycles. The Morgan fingerprint density at radius 1 is 1.42 bits per heavy atom. The van der Waals surface area contributed by atoms with Gasteiger partial charge in [-0.25, -0.2) is 0 Å². The first-order valence-electron chi connectivity index (χ1n) is 7.34. The van der Waals surface area contributed by atoms with E-state index < -0.39 is 12.0 Å². The molecule has 3 rings (SSSR count). The van der Waals surface area contributed by atoms with Gasteiger partial charge in [-0.05, 0) is 19.9 Å². The fraction of sp³-hybridized carbons (Fsp3) is 0.353. The molecular weight excluding hydrogens is 489 g/mol. The summed E-state index contributed by atoms with van der Waals surface area (Å²) in [7, 11) is 0. The van der Waals surface area contributed by atoms with Crippen LogP contribution in [0.25, 0.3) is 16.6 Å². The van der Waals surface area contributed by atoms with Crippen LogP contribution in [0.15, 0.2) is 24.4 Å². The van der Waals surface area contributed by atoms with Crippen LogP contribution in [0.3, 0.4) is 0 Å². The van der Waals surface area contributed by atoms with Crippen molar-refractivity contribution >= 4 is 5.97 Å².